The molecule has 1 fully saturated rings. The summed E-state index contributed by atoms with van der Waals surface area (Å²) in [4.78, 5) is 10.8. The van der Waals surface area contributed by atoms with Gasteiger partial charge in [0.15, 0.2) is 0 Å². The predicted octanol–water partition coefficient (Wildman–Crippen LogP) is 3.86. The van der Waals surface area contributed by atoms with Gasteiger partial charge >= 0.3 is 5.97 Å². The first-order chi connectivity index (χ1) is 9.70. The molecule has 1 aliphatic rings. The van der Waals surface area contributed by atoms with Crippen LogP contribution in [-0.2, 0) is 4.74 Å². The minimum absolute atomic E-state index is 0.366. The summed E-state index contributed by atoms with van der Waals surface area (Å²) in [5.41, 5.74) is 1.64. The number of ether oxygens (including phenoxy) is 1. The lowest BCUT2D eigenvalue weighted by atomic mass is 9.78. The minimum Gasteiger partial charge on any atom is -0.478 e. The van der Waals surface area contributed by atoms with E-state index in [-0.39, 0.29) is 0 Å². The van der Waals surface area contributed by atoms with Crippen molar-refractivity contribution in [2.75, 3.05) is 13.7 Å². The fourth-order valence-corrected chi connectivity index (χ4v) is 2.89. The van der Waals surface area contributed by atoms with Crippen LogP contribution < -0.4 is 0 Å². The van der Waals surface area contributed by atoms with Crippen molar-refractivity contribution in [3.8, 4) is 0 Å². The lowest BCUT2D eigenvalue weighted by Crippen LogP contribution is -2.12. The third kappa shape index (κ3) is 3.94. The number of hydrogen-bond acceptors (Lipinski definition) is 2. The van der Waals surface area contributed by atoms with Gasteiger partial charge in [-0.2, -0.15) is 0 Å². The second-order valence-corrected chi connectivity index (χ2v) is 5.42. The van der Waals surface area contributed by atoms with Crippen molar-refractivity contribution < 1.29 is 14.6 Å². The summed E-state index contributed by atoms with van der Waals surface area (Å²) in [6.45, 7) is 0.691. The molecule has 0 atom stereocenters. The van der Waals surface area contributed by atoms with E-state index in [2.05, 4.69) is 12.2 Å². The molecule has 2 rings (SSSR count). The quantitative estimate of drug-likeness (QED) is 0.829. The topological polar surface area (TPSA) is 46.5 Å². The molecular weight excluding hydrogens is 252 g/mol. The number of rotatable bonds is 5. The van der Waals surface area contributed by atoms with Crippen LogP contribution >= 0.6 is 0 Å². The van der Waals surface area contributed by atoms with E-state index < -0.39 is 5.97 Å². The summed E-state index contributed by atoms with van der Waals surface area (Å²) < 4.78 is 5.02. The van der Waals surface area contributed by atoms with Crippen LogP contribution in [0.5, 0.6) is 0 Å². The Hall–Kier alpha value is -1.61. The molecule has 0 aromatic heterocycles. The van der Waals surface area contributed by atoms with Crippen molar-refractivity contribution in [1.82, 2.24) is 0 Å². The largest absolute Gasteiger partial charge is 0.478 e. The lowest BCUT2D eigenvalue weighted by molar-refractivity contribution is 0.0697. The molecule has 3 nitrogen and oxygen atoms in total. The minimum atomic E-state index is -0.858. The zero-order valence-electron chi connectivity index (χ0n) is 11.9. The first kappa shape index (κ1) is 14.8. The number of carboxylic acids is 1. The van der Waals surface area contributed by atoms with Crippen LogP contribution in [0.25, 0.3) is 0 Å². The molecule has 3 heteroatoms. The Morgan fingerprint density at radius 1 is 1.25 bits per heavy atom. The van der Waals surface area contributed by atoms with Crippen LogP contribution in [0.15, 0.2) is 36.4 Å². The maximum Gasteiger partial charge on any atom is 0.335 e. The van der Waals surface area contributed by atoms with Crippen molar-refractivity contribution in [1.29, 1.82) is 0 Å². The summed E-state index contributed by atoms with van der Waals surface area (Å²) in [6.07, 6.45) is 9.12. The SMILES string of the molecule is COCC=C[C@H]1CC[C@H](c2ccc(C(=O)O)cc2)CC1. The molecule has 108 valence electrons. The van der Waals surface area contributed by atoms with Gasteiger partial charge in [-0.3, -0.25) is 0 Å². The Labute approximate surface area is 120 Å². The number of allylic oxidation sites excluding steroid dienone is 1. The second-order valence-electron chi connectivity index (χ2n) is 5.42. The van der Waals surface area contributed by atoms with Gasteiger partial charge < -0.3 is 9.84 Å². The highest BCUT2D eigenvalue weighted by molar-refractivity contribution is 5.87. The summed E-state index contributed by atoms with van der Waals surface area (Å²) in [6, 6.07) is 7.36. The number of methoxy groups -OCH3 is 1. The predicted molar refractivity (Wildman–Crippen MR) is 79.1 cm³/mol. The number of carboxylic acid groups (broad SMARTS) is 1. The fourth-order valence-electron chi connectivity index (χ4n) is 2.89. The van der Waals surface area contributed by atoms with Gasteiger partial charge in [0.2, 0.25) is 0 Å². The van der Waals surface area contributed by atoms with E-state index in [1.54, 1.807) is 19.2 Å². The molecule has 1 saturated carbocycles. The molecular formula is C17H22O3. The molecule has 0 saturated heterocycles. The van der Waals surface area contributed by atoms with Crippen LogP contribution in [0.2, 0.25) is 0 Å². The summed E-state index contributed by atoms with van der Waals surface area (Å²) in [5.74, 6) is 0.383. The molecule has 1 aliphatic carbocycles. The molecule has 1 aromatic carbocycles. The van der Waals surface area contributed by atoms with Gasteiger partial charge in [0, 0.05) is 7.11 Å². The molecule has 0 amide bonds. The van der Waals surface area contributed by atoms with Crippen LogP contribution in [0, 0.1) is 5.92 Å². The molecule has 0 unspecified atom stereocenters. The first-order valence-corrected chi connectivity index (χ1v) is 7.19. The average Bonchev–Trinajstić information content (AvgIpc) is 2.48. The molecule has 0 heterocycles. The number of hydrogen-bond donors (Lipinski definition) is 1. The summed E-state index contributed by atoms with van der Waals surface area (Å²) in [7, 11) is 1.71. The van der Waals surface area contributed by atoms with E-state index in [4.69, 9.17) is 9.84 Å². The standard InChI is InChI=1S/C17H22O3/c1-20-12-2-3-13-4-6-14(7-5-13)15-8-10-16(11-9-15)17(18)19/h2-3,8-11,13-14H,4-7,12H2,1H3,(H,18,19)/t13-,14-. The highest BCUT2D eigenvalue weighted by Gasteiger charge is 2.20. The van der Waals surface area contributed by atoms with E-state index in [9.17, 15) is 4.79 Å². The fraction of sp³-hybridized carbons (Fsp3) is 0.471. The summed E-state index contributed by atoms with van der Waals surface area (Å²) in [5, 5.41) is 8.91. The van der Waals surface area contributed by atoms with E-state index >= 15 is 0 Å². The van der Waals surface area contributed by atoms with E-state index in [1.165, 1.54) is 31.2 Å². The lowest BCUT2D eigenvalue weighted by Gasteiger charge is -2.27. The number of aromatic carboxylic acids is 1. The Kier molecular flexibility index (Phi) is 5.36. The van der Waals surface area contributed by atoms with Crippen molar-refractivity contribution in [2.45, 2.75) is 31.6 Å². The molecule has 0 spiro atoms. The van der Waals surface area contributed by atoms with E-state index in [0.717, 1.165) is 0 Å². The van der Waals surface area contributed by atoms with Crippen LogP contribution in [0.1, 0.15) is 47.5 Å². The Balaban J connectivity index is 1.88. The molecule has 1 N–H and O–H groups in total. The van der Waals surface area contributed by atoms with Gasteiger partial charge in [0.25, 0.3) is 0 Å². The zero-order chi connectivity index (χ0) is 14.4. The zero-order valence-corrected chi connectivity index (χ0v) is 11.9. The average molecular weight is 274 g/mol. The van der Waals surface area contributed by atoms with Gasteiger partial charge in [-0.1, -0.05) is 24.3 Å². The monoisotopic (exact) mass is 274 g/mol. The van der Waals surface area contributed by atoms with Gasteiger partial charge in [-0.15, -0.1) is 0 Å². The number of carbonyl (C=O) groups is 1. The van der Waals surface area contributed by atoms with Gasteiger partial charge in [-0.05, 0) is 55.2 Å². The maximum absolute atomic E-state index is 10.8. The molecule has 20 heavy (non-hydrogen) atoms. The maximum atomic E-state index is 10.8. The Morgan fingerprint density at radius 3 is 2.45 bits per heavy atom. The second kappa shape index (κ2) is 7.25. The van der Waals surface area contributed by atoms with Gasteiger partial charge in [-0.25, -0.2) is 4.79 Å². The van der Waals surface area contributed by atoms with Crippen molar-refractivity contribution in [3.05, 3.63) is 47.5 Å². The smallest absolute Gasteiger partial charge is 0.335 e. The van der Waals surface area contributed by atoms with Crippen molar-refractivity contribution in [2.24, 2.45) is 5.92 Å². The van der Waals surface area contributed by atoms with Crippen LogP contribution in [0.4, 0.5) is 0 Å². The molecule has 1 aromatic rings. The van der Waals surface area contributed by atoms with Crippen LogP contribution in [0.3, 0.4) is 0 Å². The van der Waals surface area contributed by atoms with E-state index in [0.29, 0.717) is 24.0 Å². The summed E-state index contributed by atoms with van der Waals surface area (Å²) >= 11 is 0. The van der Waals surface area contributed by atoms with Crippen molar-refractivity contribution in [3.63, 3.8) is 0 Å². The molecule has 0 radical (unpaired) electrons. The van der Waals surface area contributed by atoms with Crippen molar-refractivity contribution >= 4 is 5.97 Å². The van der Waals surface area contributed by atoms with Gasteiger partial charge in [0.1, 0.15) is 0 Å². The van der Waals surface area contributed by atoms with Gasteiger partial charge in [0.05, 0.1) is 12.2 Å². The highest BCUT2D eigenvalue weighted by atomic mass is 16.5. The molecule has 0 aliphatic heterocycles. The number of benzene rings is 1. The van der Waals surface area contributed by atoms with E-state index in [1.807, 2.05) is 12.1 Å². The normalized spacial score (nSPS) is 23.1. The Morgan fingerprint density at radius 2 is 1.90 bits per heavy atom. The van der Waals surface area contributed by atoms with Crippen LogP contribution in [-0.4, -0.2) is 24.8 Å². The third-order valence-corrected chi connectivity index (χ3v) is 4.07. The first-order valence-electron chi connectivity index (χ1n) is 7.19. The highest BCUT2D eigenvalue weighted by Crippen LogP contribution is 2.36. The molecule has 0 bridgehead atoms. The Bertz CT molecular complexity index is 454. The third-order valence-electron chi connectivity index (χ3n) is 4.07.